The van der Waals surface area contributed by atoms with Crippen LogP contribution in [0, 0.1) is 6.92 Å². The van der Waals surface area contributed by atoms with Crippen molar-refractivity contribution >= 4 is 26.9 Å². The molecule has 1 aromatic heterocycles. The molecule has 2 aromatic rings. The Morgan fingerprint density at radius 1 is 1.38 bits per heavy atom. The molecule has 4 heteroatoms. The number of alkyl halides is 1. The Morgan fingerprint density at radius 2 is 2.25 bits per heavy atom. The van der Waals surface area contributed by atoms with Crippen molar-refractivity contribution in [3.8, 4) is 5.75 Å². The fraction of sp³-hybridized carbons (Fsp3) is 0.417. The van der Waals surface area contributed by atoms with E-state index < -0.39 is 0 Å². The predicted octanol–water partition coefficient (Wildman–Crippen LogP) is 3.69. The highest BCUT2D eigenvalue weighted by atomic mass is 79.9. The maximum atomic E-state index is 5.62. The van der Waals surface area contributed by atoms with Gasteiger partial charge >= 0.3 is 0 Å². The lowest BCUT2D eigenvalue weighted by Crippen LogP contribution is -1.97. The number of aryl methyl sites for hydroxylation is 1. The summed E-state index contributed by atoms with van der Waals surface area (Å²) in [6.45, 7) is 2.67. The summed E-state index contributed by atoms with van der Waals surface area (Å²) in [4.78, 5) is 0. The van der Waals surface area contributed by atoms with Gasteiger partial charge in [-0.25, -0.2) is 0 Å². The molecule has 1 aromatic carbocycles. The number of aromatic nitrogens is 1. The minimum absolute atomic E-state index is 0.740. The molecule has 0 aliphatic heterocycles. The lowest BCUT2D eigenvalue weighted by Gasteiger charge is -2.04. The SMILES string of the molecule is Cc1noc2cc(OCCCCBr)ccc12. The summed E-state index contributed by atoms with van der Waals surface area (Å²) in [7, 11) is 0. The van der Waals surface area contributed by atoms with Gasteiger partial charge in [-0.05, 0) is 31.9 Å². The van der Waals surface area contributed by atoms with Gasteiger partial charge in [-0.1, -0.05) is 21.1 Å². The summed E-state index contributed by atoms with van der Waals surface area (Å²) >= 11 is 3.39. The van der Waals surface area contributed by atoms with Crippen LogP contribution in [0.4, 0.5) is 0 Å². The van der Waals surface area contributed by atoms with Gasteiger partial charge < -0.3 is 9.26 Å². The van der Waals surface area contributed by atoms with E-state index in [1.807, 2.05) is 25.1 Å². The highest BCUT2D eigenvalue weighted by Crippen LogP contribution is 2.23. The van der Waals surface area contributed by atoms with E-state index >= 15 is 0 Å². The zero-order chi connectivity index (χ0) is 11.4. The van der Waals surface area contributed by atoms with E-state index in [9.17, 15) is 0 Å². The first-order chi connectivity index (χ1) is 7.81. The number of ether oxygens (including phenoxy) is 1. The van der Waals surface area contributed by atoms with Crippen LogP contribution in [0.15, 0.2) is 22.7 Å². The van der Waals surface area contributed by atoms with E-state index in [1.54, 1.807) is 0 Å². The second-order valence-corrected chi connectivity index (χ2v) is 4.46. The lowest BCUT2D eigenvalue weighted by atomic mass is 10.2. The molecule has 16 heavy (non-hydrogen) atoms. The number of hydrogen-bond donors (Lipinski definition) is 0. The first-order valence-corrected chi connectivity index (χ1v) is 6.48. The molecule has 0 fully saturated rings. The number of fused-ring (bicyclic) bond motifs is 1. The second kappa shape index (κ2) is 5.34. The minimum atomic E-state index is 0.740. The minimum Gasteiger partial charge on any atom is -0.493 e. The van der Waals surface area contributed by atoms with E-state index in [0.717, 1.165) is 47.2 Å². The molecule has 0 unspecified atom stereocenters. The molecule has 0 radical (unpaired) electrons. The fourth-order valence-electron chi connectivity index (χ4n) is 1.52. The average molecular weight is 284 g/mol. The monoisotopic (exact) mass is 283 g/mol. The van der Waals surface area contributed by atoms with E-state index in [2.05, 4.69) is 21.1 Å². The molecule has 0 saturated heterocycles. The van der Waals surface area contributed by atoms with Crippen LogP contribution in [0.2, 0.25) is 0 Å². The Morgan fingerprint density at radius 3 is 3.06 bits per heavy atom. The number of nitrogens with zero attached hydrogens (tertiary/aromatic N) is 1. The average Bonchev–Trinajstić information content (AvgIpc) is 2.66. The molecular weight excluding hydrogens is 270 g/mol. The van der Waals surface area contributed by atoms with Crippen LogP contribution >= 0.6 is 15.9 Å². The molecule has 0 bridgehead atoms. The van der Waals surface area contributed by atoms with Crippen LogP contribution in [0.25, 0.3) is 11.0 Å². The van der Waals surface area contributed by atoms with Crippen LogP contribution in [0.5, 0.6) is 5.75 Å². The normalized spacial score (nSPS) is 10.9. The van der Waals surface area contributed by atoms with Gasteiger partial charge in [0.1, 0.15) is 5.75 Å². The van der Waals surface area contributed by atoms with Crippen molar-refractivity contribution in [1.82, 2.24) is 5.16 Å². The van der Waals surface area contributed by atoms with Gasteiger partial charge in [0.15, 0.2) is 5.58 Å². The molecule has 0 saturated carbocycles. The van der Waals surface area contributed by atoms with E-state index in [-0.39, 0.29) is 0 Å². The molecule has 3 nitrogen and oxygen atoms in total. The van der Waals surface area contributed by atoms with Crippen molar-refractivity contribution < 1.29 is 9.26 Å². The highest BCUT2D eigenvalue weighted by Gasteiger charge is 2.04. The van der Waals surface area contributed by atoms with Gasteiger partial charge in [-0.2, -0.15) is 0 Å². The highest BCUT2D eigenvalue weighted by molar-refractivity contribution is 9.09. The zero-order valence-corrected chi connectivity index (χ0v) is 10.8. The molecule has 1 heterocycles. The summed E-state index contributed by atoms with van der Waals surface area (Å²) in [6.07, 6.45) is 2.18. The van der Waals surface area contributed by atoms with E-state index in [0.29, 0.717) is 0 Å². The van der Waals surface area contributed by atoms with Gasteiger partial charge in [-0.15, -0.1) is 0 Å². The topological polar surface area (TPSA) is 35.3 Å². The van der Waals surface area contributed by atoms with Crippen molar-refractivity contribution in [2.45, 2.75) is 19.8 Å². The largest absolute Gasteiger partial charge is 0.493 e. The molecule has 86 valence electrons. The van der Waals surface area contributed by atoms with Crippen LogP contribution in [0.1, 0.15) is 18.5 Å². The van der Waals surface area contributed by atoms with Crippen molar-refractivity contribution in [2.24, 2.45) is 0 Å². The standard InChI is InChI=1S/C12H14BrNO2/c1-9-11-5-4-10(8-12(11)16-14-9)15-7-3-2-6-13/h4-5,8H,2-3,6-7H2,1H3. The van der Waals surface area contributed by atoms with E-state index in [4.69, 9.17) is 9.26 Å². The van der Waals surface area contributed by atoms with Crippen LogP contribution < -0.4 is 4.74 Å². The first kappa shape index (κ1) is 11.5. The van der Waals surface area contributed by atoms with Gasteiger partial charge in [0, 0.05) is 16.8 Å². The summed E-state index contributed by atoms with van der Waals surface area (Å²) < 4.78 is 10.8. The van der Waals surface area contributed by atoms with Crippen LogP contribution in [-0.4, -0.2) is 17.1 Å². The molecule has 2 rings (SSSR count). The Balaban J connectivity index is 2.02. The lowest BCUT2D eigenvalue weighted by molar-refractivity contribution is 0.309. The Labute approximate surface area is 103 Å². The smallest absolute Gasteiger partial charge is 0.170 e. The third kappa shape index (κ3) is 2.55. The van der Waals surface area contributed by atoms with E-state index in [1.165, 1.54) is 0 Å². The maximum Gasteiger partial charge on any atom is 0.170 e. The van der Waals surface area contributed by atoms with Crippen molar-refractivity contribution in [2.75, 3.05) is 11.9 Å². The number of unbranched alkanes of at least 4 members (excludes halogenated alkanes) is 1. The molecule has 0 N–H and O–H groups in total. The Kier molecular flexibility index (Phi) is 3.83. The number of hydrogen-bond acceptors (Lipinski definition) is 3. The molecule has 0 aliphatic rings. The zero-order valence-electron chi connectivity index (χ0n) is 9.20. The van der Waals surface area contributed by atoms with Gasteiger partial charge in [0.25, 0.3) is 0 Å². The third-order valence-corrected chi connectivity index (χ3v) is 2.98. The number of rotatable bonds is 5. The predicted molar refractivity (Wildman–Crippen MR) is 67.3 cm³/mol. The van der Waals surface area contributed by atoms with Gasteiger partial charge in [0.05, 0.1) is 12.3 Å². The Hall–Kier alpha value is -1.03. The summed E-state index contributed by atoms with van der Waals surface area (Å²) in [5, 5.41) is 5.98. The quantitative estimate of drug-likeness (QED) is 0.620. The molecular formula is C12H14BrNO2. The molecule has 0 amide bonds. The van der Waals surface area contributed by atoms with Crippen LogP contribution in [0.3, 0.4) is 0 Å². The summed E-state index contributed by atoms with van der Waals surface area (Å²) in [5.41, 5.74) is 1.70. The molecule has 0 atom stereocenters. The van der Waals surface area contributed by atoms with Crippen molar-refractivity contribution in [1.29, 1.82) is 0 Å². The summed E-state index contributed by atoms with van der Waals surface area (Å²) in [5.74, 6) is 0.846. The van der Waals surface area contributed by atoms with Crippen molar-refractivity contribution in [3.63, 3.8) is 0 Å². The van der Waals surface area contributed by atoms with Crippen molar-refractivity contribution in [3.05, 3.63) is 23.9 Å². The Bertz CT molecular complexity index is 467. The third-order valence-electron chi connectivity index (χ3n) is 2.42. The first-order valence-electron chi connectivity index (χ1n) is 5.36. The molecule has 0 spiro atoms. The second-order valence-electron chi connectivity index (χ2n) is 3.67. The fourth-order valence-corrected chi connectivity index (χ4v) is 1.92. The maximum absolute atomic E-state index is 5.62. The number of benzene rings is 1. The molecule has 0 aliphatic carbocycles. The van der Waals surface area contributed by atoms with Gasteiger partial charge in [0.2, 0.25) is 0 Å². The summed E-state index contributed by atoms with van der Waals surface area (Å²) in [6, 6.07) is 5.84. The number of halogens is 1. The van der Waals surface area contributed by atoms with Crippen LogP contribution in [-0.2, 0) is 0 Å². The van der Waals surface area contributed by atoms with Gasteiger partial charge in [-0.3, -0.25) is 0 Å².